The van der Waals surface area contributed by atoms with Crippen LogP contribution in [-0.2, 0) is 0 Å². The Kier molecular flexibility index (Phi) is 3.23. The number of hydrogen-bond donors (Lipinski definition) is 3. The van der Waals surface area contributed by atoms with E-state index in [4.69, 9.17) is 0 Å². The van der Waals surface area contributed by atoms with Gasteiger partial charge in [-0.1, -0.05) is 0 Å². The maximum atomic E-state index is 10.0. The number of anilines is 1. The molecule has 0 aromatic heterocycles. The molecule has 0 bridgehead atoms. The van der Waals surface area contributed by atoms with E-state index in [1.54, 1.807) is 42.6 Å². The van der Waals surface area contributed by atoms with Crippen molar-refractivity contribution in [2.45, 2.75) is 6.17 Å². The van der Waals surface area contributed by atoms with E-state index >= 15 is 0 Å². The molecule has 1 aliphatic heterocycles. The van der Waals surface area contributed by atoms with Crippen molar-refractivity contribution in [2.75, 3.05) is 4.90 Å². The predicted octanol–water partition coefficient (Wildman–Crippen LogP) is 2.91. The fourth-order valence-electron chi connectivity index (χ4n) is 2.25. The molecule has 2 aromatic rings. The quantitative estimate of drug-likeness (QED) is 0.791. The molecule has 5 heteroatoms. The van der Waals surface area contributed by atoms with Gasteiger partial charge in [-0.05, 0) is 42.5 Å². The summed E-state index contributed by atoms with van der Waals surface area (Å²) < 4.78 is 0. The van der Waals surface area contributed by atoms with Crippen molar-refractivity contribution in [3.63, 3.8) is 0 Å². The number of allylic oxidation sites excluding steroid dienone is 1. The van der Waals surface area contributed by atoms with E-state index in [-0.39, 0.29) is 17.2 Å². The summed E-state index contributed by atoms with van der Waals surface area (Å²) in [7, 11) is 0. The van der Waals surface area contributed by atoms with Crippen molar-refractivity contribution in [2.24, 2.45) is 4.99 Å². The van der Waals surface area contributed by atoms with Gasteiger partial charge in [0.1, 0.15) is 17.2 Å². The van der Waals surface area contributed by atoms with Crippen LogP contribution < -0.4 is 4.90 Å². The molecule has 0 saturated carbocycles. The van der Waals surface area contributed by atoms with Crippen LogP contribution >= 0.6 is 0 Å². The Morgan fingerprint density at radius 3 is 2.33 bits per heavy atom. The number of rotatable bonds is 2. The normalized spacial score (nSPS) is 17.1. The third-order valence-corrected chi connectivity index (χ3v) is 3.26. The molecule has 3 N–H and O–H groups in total. The Labute approximate surface area is 121 Å². The number of phenolic OH excluding ortho intramolecular Hbond substituents is 3. The highest BCUT2D eigenvalue weighted by atomic mass is 16.3. The van der Waals surface area contributed by atoms with Crippen LogP contribution in [0.2, 0.25) is 0 Å². The third-order valence-electron chi connectivity index (χ3n) is 3.26. The van der Waals surface area contributed by atoms with E-state index in [2.05, 4.69) is 4.99 Å². The Bertz CT molecular complexity index is 708. The Balaban J connectivity index is 2.01. The summed E-state index contributed by atoms with van der Waals surface area (Å²) >= 11 is 0. The standard InChI is InChI=1S/C16H14N2O3/c19-12-4-2-11(3-5-12)18-9-1-8-17-16(18)14-7-6-13(20)10-15(14)21/h1-10,16,19-21H. The number of nitrogens with zero attached hydrogens (tertiary/aromatic N) is 2. The highest BCUT2D eigenvalue weighted by Crippen LogP contribution is 2.36. The minimum Gasteiger partial charge on any atom is -0.508 e. The molecule has 106 valence electrons. The van der Waals surface area contributed by atoms with Crippen LogP contribution in [0.4, 0.5) is 5.69 Å². The number of phenols is 3. The van der Waals surface area contributed by atoms with Crippen LogP contribution in [0.25, 0.3) is 0 Å². The molecule has 0 saturated heterocycles. The van der Waals surface area contributed by atoms with Crippen LogP contribution in [0.1, 0.15) is 11.7 Å². The van der Waals surface area contributed by atoms with E-state index in [1.807, 2.05) is 11.1 Å². The highest BCUT2D eigenvalue weighted by Gasteiger charge is 2.22. The molecule has 0 spiro atoms. The molecule has 1 heterocycles. The van der Waals surface area contributed by atoms with E-state index in [0.29, 0.717) is 5.56 Å². The van der Waals surface area contributed by atoms with E-state index in [9.17, 15) is 15.3 Å². The lowest BCUT2D eigenvalue weighted by molar-refractivity contribution is 0.442. The monoisotopic (exact) mass is 282 g/mol. The number of hydrogen-bond acceptors (Lipinski definition) is 5. The summed E-state index contributed by atoms with van der Waals surface area (Å²) in [4.78, 5) is 6.25. The fraction of sp³-hybridized carbons (Fsp3) is 0.0625. The smallest absolute Gasteiger partial charge is 0.154 e. The lowest BCUT2D eigenvalue weighted by atomic mass is 10.1. The van der Waals surface area contributed by atoms with Crippen LogP contribution in [0.5, 0.6) is 17.2 Å². The second-order valence-corrected chi connectivity index (χ2v) is 4.68. The molecule has 0 fully saturated rings. The summed E-state index contributed by atoms with van der Waals surface area (Å²) in [5.74, 6) is 0.172. The minimum absolute atomic E-state index is 0.00256. The Hall–Kier alpha value is -2.95. The lowest BCUT2D eigenvalue weighted by Gasteiger charge is -2.30. The van der Waals surface area contributed by atoms with E-state index in [1.165, 1.54) is 12.1 Å². The van der Waals surface area contributed by atoms with Crippen LogP contribution in [0, 0.1) is 0 Å². The third kappa shape index (κ3) is 2.53. The van der Waals surface area contributed by atoms with Gasteiger partial charge in [0.15, 0.2) is 6.17 Å². The molecule has 3 rings (SSSR count). The molecule has 0 amide bonds. The van der Waals surface area contributed by atoms with Crippen LogP contribution in [0.15, 0.2) is 59.7 Å². The van der Waals surface area contributed by atoms with Crippen molar-refractivity contribution in [3.05, 3.63) is 60.3 Å². The largest absolute Gasteiger partial charge is 0.508 e. The molecule has 1 unspecified atom stereocenters. The summed E-state index contributed by atoms with van der Waals surface area (Å²) in [6, 6.07) is 11.2. The van der Waals surface area contributed by atoms with Crippen molar-refractivity contribution < 1.29 is 15.3 Å². The van der Waals surface area contributed by atoms with Crippen LogP contribution in [-0.4, -0.2) is 21.5 Å². The summed E-state index contributed by atoms with van der Waals surface area (Å²) in [5, 5.41) is 28.8. The topological polar surface area (TPSA) is 76.3 Å². The van der Waals surface area contributed by atoms with Gasteiger partial charge in [-0.3, -0.25) is 4.99 Å². The first kappa shape index (κ1) is 13.1. The summed E-state index contributed by atoms with van der Waals surface area (Å²) in [6.45, 7) is 0. The molecule has 0 aliphatic carbocycles. The zero-order valence-corrected chi connectivity index (χ0v) is 11.1. The molecular formula is C16H14N2O3. The maximum absolute atomic E-state index is 10.0. The Morgan fingerprint density at radius 2 is 1.62 bits per heavy atom. The SMILES string of the molecule is Oc1ccc(N2C=CC=NC2c2ccc(O)cc2O)cc1. The minimum atomic E-state index is -0.430. The van der Waals surface area contributed by atoms with Gasteiger partial charge in [0.05, 0.1) is 0 Å². The molecule has 1 atom stereocenters. The van der Waals surface area contributed by atoms with E-state index < -0.39 is 6.17 Å². The van der Waals surface area contributed by atoms with Crippen molar-refractivity contribution >= 4 is 11.9 Å². The van der Waals surface area contributed by atoms with Crippen molar-refractivity contribution in [3.8, 4) is 17.2 Å². The number of aliphatic imine (C=N–C) groups is 1. The molecule has 5 nitrogen and oxygen atoms in total. The Morgan fingerprint density at radius 1 is 0.905 bits per heavy atom. The molecule has 0 radical (unpaired) electrons. The zero-order valence-electron chi connectivity index (χ0n) is 11.1. The molecule has 1 aliphatic rings. The predicted molar refractivity (Wildman–Crippen MR) is 80.7 cm³/mol. The fourth-order valence-corrected chi connectivity index (χ4v) is 2.25. The first-order chi connectivity index (χ1) is 10.1. The van der Waals surface area contributed by atoms with Gasteiger partial charge in [-0.2, -0.15) is 0 Å². The average Bonchev–Trinajstić information content (AvgIpc) is 2.48. The van der Waals surface area contributed by atoms with Gasteiger partial charge in [-0.25, -0.2) is 0 Å². The van der Waals surface area contributed by atoms with E-state index in [0.717, 1.165) is 5.69 Å². The summed E-state index contributed by atoms with van der Waals surface area (Å²) in [5.41, 5.74) is 1.42. The number of aromatic hydroxyl groups is 3. The average molecular weight is 282 g/mol. The van der Waals surface area contributed by atoms with Gasteiger partial charge in [0.2, 0.25) is 0 Å². The number of benzene rings is 2. The van der Waals surface area contributed by atoms with Gasteiger partial charge in [0.25, 0.3) is 0 Å². The van der Waals surface area contributed by atoms with Gasteiger partial charge >= 0.3 is 0 Å². The second-order valence-electron chi connectivity index (χ2n) is 4.68. The van der Waals surface area contributed by atoms with Gasteiger partial charge in [0, 0.05) is 29.7 Å². The molecule has 21 heavy (non-hydrogen) atoms. The van der Waals surface area contributed by atoms with Gasteiger partial charge in [-0.15, -0.1) is 0 Å². The lowest BCUT2D eigenvalue weighted by Crippen LogP contribution is -2.23. The first-order valence-corrected chi connectivity index (χ1v) is 6.44. The van der Waals surface area contributed by atoms with Crippen LogP contribution in [0.3, 0.4) is 0 Å². The van der Waals surface area contributed by atoms with Crippen molar-refractivity contribution in [1.82, 2.24) is 0 Å². The van der Waals surface area contributed by atoms with Crippen molar-refractivity contribution in [1.29, 1.82) is 0 Å². The summed E-state index contributed by atoms with van der Waals surface area (Å²) in [6.07, 6.45) is 4.87. The molecule has 2 aromatic carbocycles. The second kappa shape index (κ2) is 5.20. The zero-order chi connectivity index (χ0) is 14.8. The molecular weight excluding hydrogens is 268 g/mol. The highest BCUT2D eigenvalue weighted by molar-refractivity contribution is 5.75. The first-order valence-electron chi connectivity index (χ1n) is 6.44. The maximum Gasteiger partial charge on any atom is 0.154 e. The van der Waals surface area contributed by atoms with Gasteiger partial charge < -0.3 is 20.2 Å².